The zero-order valence-corrected chi connectivity index (χ0v) is 13.7. The Kier molecular flexibility index (Phi) is 5.48. The summed E-state index contributed by atoms with van der Waals surface area (Å²) in [4.78, 5) is 0. The van der Waals surface area contributed by atoms with Crippen LogP contribution in [0.3, 0.4) is 0 Å². The van der Waals surface area contributed by atoms with Gasteiger partial charge in [0.15, 0.2) is 0 Å². The third-order valence-electron chi connectivity index (χ3n) is 4.06. The molecule has 0 amide bonds. The smallest absolute Gasteiger partial charge is 0.128 e. The molecule has 1 heterocycles. The summed E-state index contributed by atoms with van der Waals surface area (Å²) in [5.41, 5.74) is 1.08. The van der Waals surface area contributed by atoms with E-state index in [1.165, 1.54) is 0 Å². The maximum Gasteiger partial charge on any atom is 0.128 e. The van der Waals surface area contributed by atoms with Crippen LogP contribution in [0, 0.1) is 0 Å². The van der Waals surface area contributed by atoms with Crippen LogP contribution in [0.5, 0.6) is 11.5 Å². The standard InChI is InChI=1S/C17H27NO3/c1-11-9-14(10-12(2)20-11)21-16-8-6-7-15(19-5)17(16)13(3)18-4/h6-8,11-14,18H,9-10H2,1-5H3. The molecule has 0 aromatic heterocycles. The number of benzene rings is 1. The molecule has 1 aromatic carbocycles. The van der Waals surface area contributed by atoms with Crippen LogP contribution in [0.4, 0.5) is 0 Å². The summed E-state index contributed by atoms with van der Waals surface area (Å²) < 4.78 is 17.6. The lowest BCUT2D eigenvalue weighted by atomic mass is 10.0. The van der Waals surface area contributed by atoms with E-state index in [9.17, 15) is 0 Å². The predicted molar refractivity (Wildman–Crippen MR) is 84.1 cm³/mol. The molecule has 4 nitrogen and oxygen atoms in total. The minimum absolute atomic E-state index is 0.172. The fourth-order valence-corrected chi connectivity index (χ4v) is 3.00. The number of hydrogen-bond acceptors (Lipinski definition) is 4. The van der Waals surface area contributed by atoms with Gasteiger partial charge in [0, 0.05) is 18.9 Å². The molecule has 1 fully saturated rings. The van der Waals surface area contributed by atoms with Crippen molar-refractivity contribution >= 4 is 0 Å². The summed E-state index contributed by atoms with van der Waals surface area (Å²) in [7, 11) is 3.64. The molecule has 1 N–H and O–H groups in total. The lowest BCUT2D eigenvalue weighted by Gasteiger charge is -2.33. The number of rotatable bonds is 5. The van der Waals surface area contributed by atoms with E-state index in [1.54, 1.807) is 7.11 Å². The van der Waals surface area contributed by atoms with Gasteiger partial charge < -0.3 is 19.5 Å². The highest BCUT2D eigenvalue weighted by Crippen LogP contribution is 2.35. The topological polar surface area (TPSA) is 39.7 Å². The first-order valence-electron chi connectivity index (χ1n) is 7.71. The average molecular weight is 293 g/mol. The Morgan fingerprint density at radius 3 is 2.38 bits per heavy atom. The van der Waals surface area contributed by atoms with Gasteiger partial charge >= 0.3 is 0 Å². The number of methoxy groups -OCH3 is 1. The van der Waals surface area contributed by atoms with E-state index in [-0.39, 0.29) is 24.4 Å². The van der Waals surface area contributed by atoms with E-state index in [4.69, 9.17) is 14.2 Å². The molecule has 21 heavy (non-hydrogen) atoms. The third kappa shape index (κ3) is 3.89. The molecule has 118 valence electrons. The van der Waals surface area contributed by atoms with Crippen molar-refractivity contribution in [2.75, 3.05) is 14.2 Å². The summed E-state index contributed by atoms with van der Waals surface area (Å²) in [6.45, 7) is 6.32. The van der Waals surface area contributed by atoms with E-state index in [0.29, 0.717) is 0 Å². The van der Waals surface area contributed by atoms with E-state index in [0.717, 1.165) is 29.9 Å². The summed E-state index contributed by atoms with van der Waals surface area (Å²) >= 11 is 0. The molecule has 0 bridgehead atoms. The van der Waals surface area contributed by atoms with Crippen molar-refractivity contribution in [3.05, 3.63) is 23.8 Å². The Bertz CT molecular complexity index is 453. The highest BCUT2D eigenvalue weighted by atomic mass is 16.5. The van der Waals surface area contributed by atoms with E-state index < -0.39 is 0 Å². The molecule has 0 saturated carbocycles. The maximum atomic E-state index is 6.29. The van der Waals surface area contributed by atoms with E-state index >= 15 is 0 Å². The van der Waals surface area contributed by atoms with Gasteiger partial charge in [-0.3, -0.25) is 0 Å². The van der Waals surface area contributed by atoms with Crippen LogP contribution in [0.1, 0.15) is 45.2 Å². The van der Waals surface area contributed by atoms with Crippen molar-refractivity contribution < 1.29 is 14.2 Å². The second-order valence-corrected chi connectivity index (χ2v) is 5.85. The molecule has 4 heteroatoms. The van der Waals surface area contributed by atoms with Crippen LogP contribution in [-0.2, 0) is 4.74 Å². The fraction of sp³-hybridized carbons (Fsp3) is 0.647. The molecule has 1 aliphatic heterocycles. The molecule has 0 aliphatic carbocycles. The molecule has 0 radical (unpaired) electrons. The molecule has 1 aromatic rings. The molecule has 1 saturated heterocycles. The van der Waals surface area contributed by atoms with Crippen LogP contribution in [0.2, 0.25) is 0 Å². The summed E-state index contributed by atoms with van der Waals surface area (Å²) in [6.07, 6.45) is 2.53. The molecular formula is C17H27NO3. The third-order valence-corrected chi connectivity index (χ3v) is 4.06. The second-order valence-electron chi connectivity index (χ2n) is 5.85. The van der Waals surface area contributed by atoms with Gasteiger partial charge in [0.25, 0.3) is 0 Å². The van der Waals surface area contributed by atoms with Crippen molar-refractivity contribution in [2.24, 2.45) is 0 Å². The van der Waals surface area contributed by atoms with Crippen LogP contribution >= 0.6 is 0 Å². The Morgan fingerprint density at radius 2 is 1.81 bits per heavy atom. The van der Waals surface area contributed by atoms with Crippen LogP contribution in [-0.4, -0.2) is 32.5 Å². The Labute approximate surface area is 127 Å². The fourth-order valence-electron chi connectivity index (χ4n) is 3.00. The monoisotopic (exact) mass is 293 g/mol. The van der Waals surface area contributed by atoms with Crippen molar-refractivity contribution in [1.82, 2.24) is 5.32 Å². The van der Waals surface area contributed by atoms with Crippen molar-refractivity contribution in [2.45, 2.75) is 58.0 Å². The molecule has 2 rings (SSSR count). The SMILES string of the molecule is CNC(C)c1c(OC)cccc1OC1CC(C)OC(C)C1. The van der Waals surface area contributed by atoms with Gasteiger partial charge in [-0.05, 0) is 40.0 Å². The molecular weight excluding hydrogens is 266 g/mol. The predicted octanol–water partition coefficient (Wildman–Crippen LogP) is 3.31. The van der Waals surface area contributed by atoms with Crippen molar-refractivity contribution in [3.63, 3.8) is 0 Å². The highest BCUT2D eigenvalue weighted by molar-refractivity contribution is 5.46. The Morgan fingerprint density at radius 1 is 1.19 bits per heavy atom. The maximum absolute atomic E-state index is 6.29. The lowest BCUT2D eigenvalue weighted by molar-refractivity contribution is -0.0723. The van der Waals surface area contributed by atoms with Gasteiger partial charge in [0.05, 0.1) is 24.9 Å². The van der Waals surface area contributed by atoms with Gasteiger partial charge in [-0.2, -0.15) is 0 Å². The first kappa shape index (κ1) is 16.1. The van der Waals surface area contributed by atoms with Gasteiger partial charge in [0.2, 0.25) is 0 Å². The van der Waals surface area contributed by atoms with Crippen molar-refractivity contribution in [1.29, 1.82) is 0 Å². The number of hydrogen-bond donors (Lipinski definition) is 1. The van der Waals surface area contributed by atoms with Gasteiger partial charge in [-0.1, -0.05) is 6.07 Å². The van der Waals surface area contributed by atoms with Crippen LogP contribution in [0.15, 0.2) is 18.2 Å². The van der Waals surface area contributed by atoms with Crippen LogP contribution < -0.4 is 14.8 Å². The zero-order chi connectivity index (χ0) is 15.4. The first-order valence-corrected chi connectivity index (χ1v) is 7.71. The number of nitrogens with one attached hydrogen (secondary N) is 1. The largest absolute Gasteiger partial charge is 0.496 e. The normalized spacial score (nSPS) is 27.2. The molecule has 1 aliphatic rings. The quantitative estimate of drug-likeness (QED) is 0.904. The molecule has 3 unspecified atom stereocenters. The first-order chi connectivity index (χ1) is 10.0. The second kappa shape index (κ2) is 7.14. The van der Waals surface area contributed by atoms with Crippen molar-refractivity contribution in [3.8, 4) is 11.5 Å². The summed E-state index contributed by atoms with van der Waals surface area (Å²) in [5, 5.41) is 3.27. The summed E-state index contributed by atoms with van der Waals surface area (Å²) in [5.74, 6) is 1.77. The van der Waals surface area contributed by atoms with Gasteiger partial charge in [-0.15, -0.1) is 0 Å². The highest BCUT2D eigenvalue weighted by Gasteiger charge is 2.27. The van der Waals surface area contributed by atoms with E-state index in [2.05, 4.69) is 26.1 Å². The lowest BCUT2D eigenvalue weighted by Crippen LogP contribution is -2.36. The van der Waals surface area contributed by atoms with Gasteiger partial charge in [-0.25, -0.2) is 0 Å². The Hall–Kier alpha value is -1.26. The molecule has 0 spiro atoms. The zero-order valence-electron chi connectivity index (χ0n) is 13.7. The van der Waals surface area contributed by atoms with Crippen LogP contribution in [0.25, 0.3) is 0 Å². The van der Waals surface area contributed by atoms with Gasteiger partial charge in [0.1, 0.15) is 17.6 Å². The number of ether oxygens (including phenoxy) is 3. The minimum atomic E-state index is 0.172. The molecule has 3 atom stereocenters. The minimum Gasteiger partial charge on any atom is -0.496 e. The Balaban J connectivity index is 2.22. The average Bonchev–Trinajstić information content (AvgIpc) is 2.45. The summed E-state index contributed by atoms with van der Waals surface area (Å²) in [6, 6.07) is 6.15. The van der Waals surface area contributed by atoms with E-state index in [1.807, 2.05) is 25.2 Å².